The Kier molecular flexibility index (Phi) is 5.52. The lowest BCUT2D eigenvalue weighted by molar-refractivity contribution is 0.195. The molecule has 1 heterocycles. The van der Waals surface area contributed by atoms with E-state index in [0.717, 1.165) is 18.7 Å². The van der Waals surface area contributed by atoms with Crippen molar-refractivity contribution in [2.75, 3.05) is 33.2 Å². The molecule has 1 aromatic rings. The van der Waals surface area contributed by atoms with Crippen molar-refractivity contribution in [1.29, 1.82) is 0 Å². The summed E-state index contributed by atoms with van der Waals surface area (Å²) in [5.41, 5.74) is 7.29. The lowest BCUT2D eigenvalue weighted by Gasteiger charge is -2.31. The second-order valence-corrected chi connectivity index (χ2v) is 5.85. The van der Waals surface area contributed by atoms with Crippen LogP contribution in [0, 0.1) is 5.82 Å². The number of nitrogens with two attached hydrogens (primary N) is 1. The molecule has 0 saturated carbocycles. The number of benzene rings is 1. The fraction of sp³-hybridized carbons (Fsp3) is 0.625. The van der Waals surface area contributed by atoms with Crippen LogP contribution in [0.1, 0.15) is 31.4 Å². The standard InChI is InChI=1S/C16H26FN3/c1-13(16(18)14-5-7-15(17)8-6-14)19(2)11-12-20-9-3-4-10-20/h5-8,13,16H,3-4,9-12,18H2,1-2H3. The van der Waals surface area contributed by atoms with E-state index in [1.807, 2.05) is 0 Å². The molecule has 2 unspecified atom stereocenters. The third kappa shape index (κ3) is 4.01. The highest BCUT2D eigenvalue weighted by Gasteiger charge is 2.20. The Balaban J connectivity index is 1.84. The zero-order valence-corrected chi connectivity index (χ0v) is 12.6. The molecule has 2 atom stereocenters. The van der Waals surface area contributed by atoms with Crippen LogP contribution in [0.25, 0.3) is 0 Å². The SMILES string of the molecule is CC(C(N)c1ccc(F)cc1)N(C)CCN1CCCC1. The van der Waals surface area contributed by atoms with Crippen molar-refractivity contribution in [3.8, 4) is 0 Å². The van der Waals surface area contributed by atoms with Crippen LogP contribution in [-0.4, -0.2) is 49.1 Å². The second kappa shape index (κ2) is 7.16. The van der Waals surface area contributed by atoms with Gasteiger partial charge in [-0.15, -0.1) is 0 Å². The predicted octanol–water partition coefficient (Wildman–Crippen LogP) is 2.24. The lowest BCUT2D eigenvalue weighted by atomic mass is 10.0. The van der Waals surface area contributed by atoms with Crippen molar-refractivity contribution < 1.29 is 4.39 Å². The van der Waals surface area contributed by atoms with Crippen LogP contribution < -0.4 is 5.73 Å². The molecule has 1 fully saturated rings. The summed E-state index contributed by atoms with van der Waals surface area (Å²) in [5.74, 6) is -0.212. The third-order valence-electron chi connectivity index (χ3n) is 4.44. The van der Waals surface area contributed by atoms with Crippen LogP contribution in [0.3, 0.4) is 0 Å². The fourth-order valence-corrected chi connectivity index (χ4v) is 2.75. The Morgan fingerprint density at radius 3 is 2.45 bits per heavy atom. The Morgan fingerprint density at radius 1 is 1.25 bits per heavy atom. The fourth-order valence-electron chi connectivity index (χ4n) is 2.75. The second-order valence-electron chi connectivity index (χ2n) is 5.85. The van der Waals surface area contributed by atoms with Crippen LogP contribution >= 0.6 is 0 Å². The Labute approximate surface area is 121 Å². The summed E-state index contributed by atoms with van der Waals surface area (Å²) in [6, 6.07) is 6.68. The first-order chi connectivity index (χ1) is 9.58. The molecule has 2 N–H and O–H groups in total. The maximum atomic E-state index is 12.9. The quantitative estimate of drug-likeness (QED) is 0.867. The van der Waals surface area contributed by atoms with Crippen molar-refractivity contribution >= 4 is 0 Å². The average Bonchev–Trinajstić information content (AvgIpc) is 2.97. The summed E-state index contributed by atoms with van der Waals surface area (Å²) >= 11 is 0. The van der Waals surface area contributed by atoms with Crippen molar-refractivity contribution in [2.45, 2.75) is 31.8 Å². The average molecular weight is 279 g/mol. The maximum absolute atomic E-state index is 12.9. The molecule has 0 aromatic heterocycles. The molecular formula is C16H26FN3. The zero-order valence-electron chi connectivity index (χ0n) is 12.6. The molecule has 112 valence electrons. The number of likely N-dealkylation sites (N-methyl/N-ethyl adjacent to an activating group) is 1. The molecule has 1 aromatic carbocycles. The molecule has 0 amide bonds. The molecule has 4 heteroatoms. The third-order valence-corrected chi connectivity index (χ3v) is 4.44. The number of rotatable bonds is 6. The van der Waals surface area contributed by atoms with Crippen LogP contribution in [0.15, 0.2) is 24.3 Å². The summed E-state index contributed by atoms with van der Waals surface area (Å²) < 4.78 is 12.9. The molecule has 0 aliphatic carbocycles. The van der Waals surface area contributed by atoms with E-state index < -0.39 is 0 Å². The molecule has 0 spiro atoms. The Hall–Kier alpha value is -0.970. The first kappa shape index (κ1) is 15.4. The van der Waals surface area contributed by atoms with Gasteiger partial charge in [0.2, 0.25) is 0 Å². The predicted molar refractivity (Wildman–Crippen MR) is 81.1 cm³/mol. The first-order valence-electron chi connectivity index (χ1n) is 7.51. The Bertz CT molecular complexity index is 401. The maximum Gasteiger partial charge on any atom is 0.123 e. The van der Waals surface area contributed by atoms with Gasteiger partial charge in [0.25, 0.3) is 0 Å². The summed E-state index contributed by atoms with van der Waals surface area (Å²) in [6.07, 6.45) is 2.66. The smallest absolute Gasteiger partial charge is 0.123 e. The summed E-state index contributed by atoms with van der Waals surface area (Å²) in [6.45, 7) is 6.73. The molecule has 20 heavy (non-hydrogen) atoms. The minimum absolute atomic E-state index is 0.0841. The molecule has 3 nitrogen and oxygen atoms in total. The molecule has 0 radical (unpaired) electrons. The van der Waals surface area contributed by atoms with E-state index in [9.17, 15) is 4.39 Å². The van der Waals surface area contributed by atoms with Crippen molar-refractivity contribution in [3.63, 3.8) is 0 Å². The summed E-state index contributed by atoms with van der Waals surface area (Å²) in [7, 11) is 2.12. The molecule has 1 saturated heterocycles. The zero-order chi connectivity index (χ0) is 14.5. The van der Waals surface area contributed by atoms with Crippen molar-refractivity contribution in [2.24, 2.45) is 5.73 Å². The van der Waals surface area contributed by atoms with Gasteiger partial charge in [0.05, 0.1) is 0 Å². The summed E-state index contributed by atoms with van der Waals surface area (Å²) in [5, 5.41) is 0. The minimum atomic E-state index is -0.212. The minimum Gasteiger partial charge on any atom is -0.323 e. The molecular weight excluding hydrogens is 253 g/mol. The molecule has 1 aliphatic rings. The number of hydrogen-bond donors (Lipinski definition) is 1. The normalized spacial score (nSPS) is 19.4. The van der Waals surface area contributed by atoms with Crippen LogP contribution in [0.4, 0.5) is 4.39 Å². The topological polar surface area (TPSA) is 32.5 Å². The van der Waals surface area contributed by atoms with Crippen molar-refractivity contribution in [3.05, 3.63) is 35.6 Å². The van der Waals surface area contributed by atoms with Gasteiger partial charge in [0, 0.05) is 25.2 Å². The highest BCUT2D eigenvalue weighted by molar-refractivity contribution is 5.20. The van der Waals surface area contributed by atoms with Crippen LogP contribution in [0.5, 0.6) is 0 Å². The highest BCUT2D eigenvalue weighted by atomic mass is 19.1. The van der Waals surface area contributed by atoms with Gasteiger partial charge < -0.3 is 15.5 Å². The van der Waals surface area contributed by atoms with Gasteiger partial charge in [0.15, 0.2) is 0 Å². The van der Waals surface area contributed by atoms with E-state index >= 15 is 0 Å². The number of halogens is 1. The number of nitrogens with zero attached hydrogens (tertiary/aromatic N) is 2. The molecule has 0 bridgehead atoms. The van der Waals surface area contributed by atoms with E-state index in [1.54, 1.807) is 12.1 Å². The number of likely N-dealkylation sites (tertiary alicyclic amines) is 1. The monoisotopic (exact) mass is 279 g/mol. The highest BCUT2D eigenvalue weighted by Crippen LogP contribution is 2.18. The van der Waals surface area contributed by atoms with Gasteiger partial charge >= 0.3 is 0 Å². The molecule has 2 rings (SSSR count). The van der Waals surface area contributed by atoms with Gasteiger partial charge in [-0.05, 0) is 57.6 Å². The van der Waals surface area contributed by atoms with Gasteiger partial charge in [-0.2, -0.15) is 0 Å². The first-order valence-corrected chi connectivity index (χ1v) is 7.51. The van der Waals surface area contributed by atoms with E-state index in [0.29, 0.717) is 0 Å². The van der Waals surface area contributed by atoms with Gasteiger partial charge in [-0.1, -0.05) is 12.1 Å². The van der Waals surface area contributed by atoms with Gasteiger partial charge in [0.1, 0.15) is 5.82 Å². The largest absolute Gasteiger partial charge is 0.323 e. The van der Waals surface area contributed by atoms with E-state index in [1.165, 1.54) is 38.1 Å². The van der Waals surface area contributed by atoms with Gasteiger partial charge in [-0.3, -0.25) is 0 Å². The Morgan fingerprint density at radius 2 is 1.85 bits per heavy atom. The van der Waals surface area contributed by atoms with E-state index in [2.05, 4.69) is 23.8 Å². The van der Waals surface area contributed by atoms with E-state index in [-0.39, 0.29) is 17.9 Å². The lowest BCUT2D eigenvalue weighted by Crippen LogP contribution is -2.42. The van der Waals surface area contributed by atoms with E-state index in [4.69, 9.17) is 5.73 Å². The van der Waals surface area contributed by atoms with Gasteiger partial charge in [-0.25, -0.2) is 4.39 Å². The number of hydrogen-bond acceptors (Lipinski definition) is 3. The molecule has 1 aliphatic heterocycles. The van der Waals surface area contributed by atoms with Crippen molar-refractivity contribution in [1.82, 2.24) is 9.80 Å². The van der Waals surface area contributed by atoms with Crippen LogP contribution in [0.2, 0.25) is 0 Å². The van der Waals surface area contributed by atoms with Crippen LogP contribution in [-0.2, 0) is 0 Å². The summed E-state index contributed by atoms with van der Waals surface area (Å²) in [4.78, 5) is 4.80.